The number of anilines is 1. The largest absolute Gasteiger partial charge is 0.459 e. The van der Waals surface area contributed by atoms with E-state index in [1.807, 2.05) is 49.2 Å². The number of nitro groups is 1. The lowest BCUT2D eigenvalue weighted by Gasteiger charge is -2.31. The minimum Gasteiger partial charge on any atom is -0.459 e. The molecule has 1 aromatic heterocycles. The molecular formula is C21H24N4O5S. The van der Waals surface area contributed by atoms with E-state index in [4.69, 9.17) is 4.42 Å². The summed E-state index contributed by atoms with van der Waals surface area (Å²) in [5.74, 6) is 0.629. The van der Waals surface area contributed by atoms with Crippen LogP contribution in [0.1, 0.15) is 18.7 Å². The van der Waals surface area contributed by atoms with Crippen LogP contribution >= 0.6 is 0 Å². The molecule has 0 bridgehead atoms. The summed E-state index contributed by atoms with van der Waals surface area (Å²) >= 11 is 0. The van der Waals surface area contributed by atoms with Crippen LogP contribution in [-0.4, -0.2) is 55.8 Å². The lowest BCUT2D eigenvalue weighted by molar-refractivity contribution is -0.384. The highest BCUT2D eigenvalue weighted by molar-refractivity contribution is 7.89. The molecule has 1 fully saturated rings. The predicted octanol–water partition coefficient (Wildman–Crippen LogP) is 3.45. The van der Waals surface area contributed by atoms with Crippen molar-refractivity contribution in [3.8, 4) is 0 Å². The summed E-state index contributed by atoms with van der Waals surface area (Å²) in [7, 11) is -1.87. The van der Waals surface area contributed by atoms with Gasteiger partial charge >= 0.3 is 0 Å². The fraction of sp³-hybridized carbons (Fsp3) is 0.333. The van der Waals surface area contributed by atoms with Gasteiger partial charge in [-0.1, -0.05) is 18.2 Å². The number of hydrogen-bond acceptors (Lipinski definition) is 7. The van der Waals surface area contributed by atoms with E-state index < -0.39 is 14.9 Å². The number of hydrogen-bond donors (Lipinski definition) is 1. The Morgan fingerprint density at radius 3 is 2.48 bits per heavy atom. The smallest absolute Gasteiger partial charge is 0.293 e. The number of likely N-dealkylation sites (N-methyl/N-ethyl adjacent to an activating group) is 1. The van der Waals surface area contributed by atoms with Crippen LogP contribution in [0.15, 0.2) is 57.8 Å². The van der Waals surface area contributed by atoms with E-state index in [0.29, 0.717) is 31.9 Å². The molecule has 2 heterocycles. The summed E-state index contributed by atoms with van der Waals surface area (Å²) in [5.41, 5.74) is 0.669. The summed E-state index contributed by atoms with van der Waals surface area (Å²) in [6.45, 7) is 3.79. The zero-order valence-electron chi connectivity index (χ0n) is 17.3. The van der Waals surface area contributed by atoms with Crippen molar-refractivity contribution >= 4 is 32.4 Å². The third-order valence-corrected chi connectivity index (χ3v) is 7.40. The van der Waals surface area contributed by atoms with E-state index in [2.05, 4.69) is 5.32 Å². The Hall–Kier alpha value is -2.95. The molecule has 1 N–H and O–H groups in total. The van der Waals surface area contributed by atoms with Gasteiger partial charge in [-0.2, -0.15) is 4.31 Å². The van der Waals surface area contributed by atoms with Crippen LogP contribution < -0.4 is 5.32 Å². The number of rotatable bonds is 6. The van der Waals surface area contributed by atoms with E-state index in [9.17, 15) is 18.5 Å². The summed E-state index contributed by atoms with van der Waals surface area (Å²) < 4.78 is 33.1. The molecule has 9 nitrogen and oxygen atoms in total. The first kappa shape index (κ1) is 21.3. The maximum atomic E-state index is 13.0. The topological polar surface area (TPSA) is 109 Å². The predicted molar refractivity (Wildman–Crippen MR) is 118 cm³/mol. The molecule has 1 aliphatic heterocycles. The number of piperazine rings is 1. The summed E-state index contributed by atoms with van der Waals surface area (Å²) in [6.07, 6.45) is 0. The Morgan fingerprint density at radius 2 is 1.81 bits per heavy atom. The second-order valence-corrected chi connectivity index (χ2v) is 9.63. The molecule has 31 heavy (non-hydrogen) atoms. The Bertz CT molecular complexity index is 1180. The SMILES string of the molecule is C[C@@H](Nc1ccc(S(=O)(=O)N2CCN(C)CC2)cc1[N+](=O)[O-])c1cc2ccccc2o1. The number of nitrogens with one attached hydrogen (secondary N) is 1. The van der Waals surface area contributed by atoms with Gasteiger partial charge in [0.05, 0.1) is 15.9 Å². The minimum atomic E-state index is -3.80. The van der Waals surface area contributed by atoms with Gasteiger partial charge in [-0.05, 0) is 38.2 Å². The van der Waals surface area contributed by atoms with E-state index >= 15 is 0 Å². The van der Waals surface area contributed by atoms with Crippen molar-refractivity contribution in [3.05, 3.63) is 64.4 Å². The number of nitrogens with zero attached hydrogens (tertiary/aromatic N) is 3. The Labute approximate surface area is 180 Å². The van der Waals surface area contributed by atoms with Crippen molar-refractivity contribution in [1.29, 1.82) is 0 Å². The van der Waals surface area contributed by atoms with Gasteiger partial charge in [0.1, 0.15) is 17.0 Å². The van der Waals surface area contributed by atoms with Gasteiger partial charge in [0.2, 0.25) is 10.0 Å². The highest BCUT2D eigenvalue weighted by atomic mass is 32.2. The van der Waals surface area contributed by atoms with Crippen molar-refractivity contribution in [2.45, 2.75) is 17.9 Å². The number of fused-ring (bicyclic) bond motifs is 1. The Morgan fingerprint density at radius 1 is 1.10 bits per heavy atom. The van der Waals surface area contributed by atoms with Crippen molar-refractivity contribution in [1.82, 2.24) is 9.21 Å². The maximum absolute atomic E-state index is 13.0. The number of benzene rings is 2. The summed E-state index contributed by atoms with van der Waals surface area (Å²) in [4.78, 5) is 13.1. The Balaban J connectivity index is 1.60. The number of sulfonamides is 1. The lowest BCUT2D eigenvalue weighted by Crippen LogP contribution is -2.47. The van der Waals surface area contributed by atoms with Crippen LogP contribution in [0.5, 0.6) is 0 Å². The van der Waals surface area contributed by atoms with Gasteiger partial charge < -0.3 is 14.6 Å². The fourth-order valence-corrected chi connectivity index (χ4v) is 5.09. The number of nitro benzene ring substituents is 1. The Kier molecular flexibility index (Phi) is 5.69. The molecule has 164 valence electrons. The molecule has 1 aliphatic rings. The number of para-hydroxylation sites is 1. The van der Waals surface area contributed by atoms with Crippen LogP contribution in [0.3, 0.4) is 0 Å². The summed E-state index contributed by atoms with van der Waals surface area (Å²) in [6, 6.07) is 13.1. The normalized spacial score (nSPS) is 17.0. The average molecular weight is 445 g/mol. The highest BCUT2D eigenvalue weighted by Crippen LogP contribution is 2.33. The van der Waals surface area contributed by atoms with Crippen LogP contribution in [0.25, 0.3) is 11.0 Å². The average Bonchev–Trinajstić information content (AvgIpc) is 3.18. The monoisotopic (exact) mass is 444 g/mol. The second-order valence-electron chi connectivity index (χ2n) is 7.70. The first-order chi connectivity index (χ1) is 14.8. The minimum absolute atomic E-state index is 0.0781. The molecule has 0 saturated carbocycles. The molecule has 0 spiro atoms. The van der Waals surface area contributed by atoms with Gasteiger partial charge in [0, 0.05) is 37.6 Å². The van der Waals surface area contributed by atoms with E-state index in [1.165, 1.54) is 16.4 Å². The molecule has 3 aromatic rings. The molecule has 4 rings (SSSR count). The van der Waals surface area contributed by atoms with Crippen molar-refractivity contribution in [2.24, 2.45) is 0 Å². The standard InChI is InChI=1S/C21H24N4O5S/c1-15(21-13-16-5-3-4-6-20(16)30-21)22-18-8-7-17(14-19(18)25(26)27)31(28,29)24-11-9-23(2)10-12-24/h3-8,13-15,22H,9-12H2,1-2H3/t15-/m1/s1. The highest BCUT2D eigenvalue weighted by Gasteiger charge is 2.30. The lowest BCUT2D eigenvalue weighted by atomic mass is 10.2. The van der Waals surface area contributed by atoms with Crippen molar-refractivity contribution < 1.29 is 17.8 Å². The molecular weight excluding hydrogens is 420 g/mol. The summed E-state index contributed by atoms with van der Waals surface area (Å²) in [5, 5.41) is 15.7. The zero-order chi connectivity index (χ0) is 22.2. The molecule has 0 unspecified atom stereocenters. The number of furan rings is 1. The van der Waals surface area contributed by atoms with Crippen LogP contribution in [0.2, 0.25) is 0 Å². The third kappa shape index (κ3) is 4.27. The first-order valence-corrected chi connectivity index (χ1v) is 11.4. The second kappa shape index (κ2) is 8.29. The third-order valence-electron chi connectivity index (χ3n) is 5.51. The molecule has 2 aromatic carbocycles. The maximum Gasteiger partial charge on any atom is 0.293 e. The van der Waals surface area contributed by atoms with E-state index in [1.54, 1.807) is 0 Å². The van der Waals surface area contributed by atoms with Crippen LogP contribution in [0.4, 0.5) is 11.4 Å². The van der Waals surface area contributed by atoms with Crippen molar-refractivity contribution in [2.75, 3.05) is 38.5 Å². The van der Waals surface area contributed by atoms with Gasteiger partial charge in [-0.15, -0.1) is 0 Å². The van der Waals surface area contributed by atoms with Crippen LogP contribution in [0, 0.1) is 10.1 Å². The molecule has 0 radical (unpaired) electrons. The van der Waals surface area contributed by atoms with Gasteiger partial charge in [0.15, 0.2) is 0 Å². The molecule has 1 atom stereocenters. The van der Waals surface area contributed by atoms with E-state index in [0.717, 1.165) is 17.0 Å². The molecule has 0 amide bonds. The molecule has 1 saturated heterocycles. The van der Waals surface area contributed by atoms with Gasteiger partial charge in [-0.3, -0.25) is 10.1 Å². The van der Waals surface area contributed by atoms with Crippen molar-refractivity contribution in [3.63, 3.8) is 0 Å². The van der Waals surface area contributed by atoms with Gasteiger partial charge in [0.25, 0.3) is 5.69 Å². The zero-order valence-corrected chi connectivity index (χ0v) is 18.1. The van der Waals surface area contributed by atoms with Gasteiger partial charge in [-0.25, -0.2) is 8.42 Å². The quantitative estimate of drug-likeness (QED) is 0.458. The fourth-order valence-electron chi connectivity index (χ4n) is 3.64. The molecule has 10 heteroatoms. The van der Waals surface area contributed by atoms with E-state index in [-0.39, 0.29) is 22.3 Å². The first-order valence-electron chi connectivity index (χ1n) is 9.98. The van der Waals surface area contributed by atoms with Crippen LogP contribution in [-0.2, 0) is 10.0 Å². The molecule has 0 aliphatic carbocycles.